The molecule has 0 aliphatic heterocycles. The molecule has 2 N–H and O–H groups in total. The molecule has 2 aromatic carbocycles. The van der Waals surface area contributed by atoms with Crippen molar-refractivity contribution in [2.24, 2.45) is 17.8 Å². The van der Waals surface area contributed by atoms with E-state index in [1.807, 2.05) is 30.3 Å². The Balaban J connectivity index is 1.09. The highest BCUT2D eigenvalue weighted by Crippen LogP contribution is 2.55. The van der Waals surface area contributed by atoms with Gasteiger partial charge in [-0.3, -0.25) is 4.79 Å². The molecule has 1 heterocycles. The molecule has 6 nitrogen and oxygen atoms in total. The van der Waals surface area contributed by atoms with Crippen molar-refractivity contribution in [2.45, 2.75) is 57.9 Å². The van der Waals surface area contributed by atoms with Gasteiger partial charge in [-0.15, -0.1) is 0 Å². The first-order valence-electron chi connectivity index (χ1n) is 13.0. The number of amides is 1. The van der Waals surface area contributed by atoms with E-state index in [1.54, 1.807) is 6.08 Å². The summed E-state index contributed by atoms with van der Waals surface area (Å²) in [5.74, 6) is 3.56. The fourth-order valence-corrected chi connectivity index (χ4v) is 7.12. The van der Waals surface area contributed by atoms with Crippen molar-refractivity contribution in [3.63, 3.8) is 0 Å². The molecule has 0 saturated heterocycles. The number of nitrogens with one attached hydrogen (secondary N) is 2. The minimum Gasteiger partial charge on any atom is -0.484 e. The molecule has 4 bridgehead atoms. The van der Waals surface area contributed by atoms with Crippen LogP contribution >= 0.6 is 0 Å². The van der Waals surface area contributed by atoms with Gasteiger partial charge in [-0.1, -0.05) is 12.1 Å². The molecule has 0 radical (unpaired) electrons. The van der Waals surface area contributed by atoms with Crippen molar-refractivity contribution >= 4 is 28.6 Å². The molecular weight excluding hydrogens is 448 g/mol. The van der Waals surface area contributed by atoms with Gasteiger partial charge in [0.15, 0.2) is 6.61 Å². The van der Waals surface area contributed by atoms with Crippen molar-refractivity contribution in [3.05, 3.63) is 58.9 Å². The molecule has 0 unspecified atom stereocenters. The number of hydrogen-bond acceptors (Lipinski definition) is 4. The number of H-pyrrole nitrogens is 1. The number of carbonyl (C=O) groups is 1. The summed E-state index contributed by atoms with van der Waals surface area (Å²) in [6, 6.07) is 13.8. The van der Waals surface area contributed by atoms with Crippen molar-refractivity contribution in [1.82, 2.24) is 15.3 Å². The number of aryl methyl sites for hydroxylation is 2. The number of aromatic amines is 1. The molecule has 3 aromatic rings. The molecule has 6 heteroatoms. The number of rotatable bonds is 6. The Labute approximate surface area is 211 Å². The highest BCUT2D eigenvalue weighted by atomic mass is 16.5. The lowest BCUT2D eigenvalue weighted by Gasteiger charge is -2.56. The minimum atomic E-state index is -0.0250. The van der Waals surface area contributed by atoms with Crippen LogP contribution in [-0.4, -0.2) is 28.0 Å². The highest BCUT2D eigenvalue weighted by molar-refractivity contribution is 5.90. The number of allylic oxidation sites excluding steroid dienone is 1. The van der Waals surface area contributed by atoms with E-state index in [9.17, 15) is 10.1 Å². The van der Waals surface area contributed by atoms with E-state index in [0.29, 0.717) is 17.1 Å². The summed E-state index contributed by atoms with van der Waals surface area (Å²) >= 11 is 0. The number of ether oxygens (including phenoxy) is 1. The monoisotopic (exact) mass is 480 g/mol. The molecule has 36 heavy (non-hydrogen) atoms. The van der Waals surface area contributed by atoms with Crippen molar-refractivity contribution in [1.29, 1.82) is 5.26 Å². The summed E-state index contributed by atoms with van der Waals surface area (Å²) < 4.78 is 5.80. The van der Waals surface area contributed by atoms with Crippen LogP contribution in [0.25, 0.3) is 22.7 Å². The van der Waals surface area contributed by atoms with Gasteiger partial charge in [0.05, 0.1) is 16.6 Å². The number of carbonyl (C=O) groups excluding carboxylic acids is 1. The molecule has 184 valence electrons. The quantitative estimate of drug-likeness (QED) is 0.442. The zero-order valence-electron chi connectivity index (χ0n) is 20.9. The Morgan fingerprint density at radius 2 is 1.75 bits per heavy atom. The molecule has 4 aliphatic rings. The first-order chi connectivity index (χ1) is 17.4. The Morgan fingerprint density at radius 1 is 1.11 bits per heavy atom. The molecule has 4 aliphatic carbocycles. The molecule has 0 atom stereocenters. The van der Waals surface area contributed by atoms with Gasteiger partial charge >= 0.3 is 0 Å². The molecule has 4 fully saturated rings. The SMILES string of the molecule is Cc1cc2nc(/C(C#N)=C/c3ccc(OCC(=O)NC45CC6CC(CC(C6)C4)C5)cc3)[nH]c2cc1C. The van der Waals surface area contributed by atoms with Crippen LogP contribution in [0.3, 0.4) is 0 Å². The van der Waals surface area contributed by atoms with Gasteiger partial charge < -0.3 is 15.0 Å². The maximum absolute atomic E-state index is 12.7. The molecular formula is C30H32N4O2. The fraction of sp³-hybridized carbons (Fsp3) is 0.433. The molecule has 0 spiro atoms. The first-order valence-corrected chi connectivity index (χ1v) is 13.0. The first kappa shape index (κ1) is 22.8. The summed E-state index contributed by atoms with van der Waals surface area (Å²) in [6.07, 6.45) is 9.29. The average Bonchev–Trinajstić information content (AvgIpc) is 3.23. The molecule has 1 amide bonds. The topological polar surface area (TPSA) is 90.8 Å². The number of fused-ring (bicyclic) bond motifs is 1. The average molecular weight is 481 g/mol. The Hall–Kier alpha value is -3.59. The van der Waals surface area contributed by atoms with Crippen LogP contribution in [0.2, 0.25) is 0 Å². The lowest BCUT2D eigenvalue weighted by molar-refractivity contribution is -0.128. The maximum Gasteiger partial charge on any atom is 0.258 e. The van der Waals surface area contributed by atoms with E-state index >= 15 is 0 Å². The third-order valence-corrected chi connectivity index (χ3v) is 8.48. The molecule has 7 rings (SSSR count). The third-order valence-electron chi connectivity index (χ3n) is 8.48. The lowest BCUT2D eigenvalue weighted by atomic mass is 9.53. The zero-order valence-corrected chi connectivity index (χ0v) is 20.9. The summed E-state index contributed by atoms with van der Waals surface area (Å²) in [7, 11) is 0. The van der Waals surface area contributed by atoms with Crippen molar-refractivity contribution in [2.75, 3.05) is 6.61 Å². The van der Waals surface area contributed by atoms with Crippen LogP contribution < -0.4 is 10.1 Å². The van der Waals surface area contributed by atoms with E-state index in [1.165, 1.54) is 30.4 Å². The van der Waals surface area contributed by atoms with Crippen LogP contribution in [0, 0.1) is 42.9 Å². The summed E-state index contributed by atoms with van der Waals surface area (Å²) in [5.41, 5.74) is 5.46. The summed E-state index contributed by atoms with van der Waals surface area (Å²) in [4.78, 5) is 20.6. The van der Waals surface area contributed by atoms with Gasteiger partial charge in [-0.25, -0.2) is 4.98 Å². The van der Waals surface area contributed by atoms with Gasteiger partial charge in [0, 0.05) is 5.54 Å². The number of hydrogen-bond donors (Lipinski definition) is 2. The number of nitriles is 1. The third kappa shape index (κ3) is 4.39. The van der Waals surface area contributed by atoms with E-state index in [2.05, 4.69) is 41.3 Å². The van der Waals surface area contributed by atoms with Gasteiger partial charge in [0.2, 0.25) is 0 Å². The minimum absolute atomic E-state index is 0.00554. The number of aromatic nitrogens is 2. The molecule has 1 aromatic heterocycles. The van der Waals surface area contributed by atoms with Crippen LogP contribution in [0.4, 0.5) is 0 Å². The predicted molar refractivity (Wildman–Crippen MR) is 140 cm³/mol. The zero-order chi connectivity index (χ0) is 24.9. The predicted octanol–water partition coefficient (Wildman–Crippen LogP) is 5.71. The highest BCUT2D eigenvalue weighted by Gasteiger charge is 2.51. The normalized spacial score (nSPS) is 26.7. The van der Waals surface area contributed by atoms with Gasteiger partial charge in [-0.05, 0) is 117 Å². The number of nitrogens with zero attached hydrogens (tertiary/aromatic N) is 2. The van der Waals surface area contributed by atoms with E-state index < -0.39 is 0 Å². The summed E-state index contributed by atoms with van der Waals surface area (Å²) in [6.45, 7) is 4.14. The lowest BCUT2D eigenvalue weighted by Crippen LogP contribution is -2.60. The van der Waals surface area contributed by atoms with Crippen LogP contribution in [0.5, 0.6) is 5.75 Å². The van der Waals surface area contributed by atoms with Gasteiger partial charge in [0.1, 0.15) is 17.6 Å². The Kier molecular flexibility index (Phi) is 5.59. The van der Waals surface area contributed by atoms with Crippen LogP contribution in [-0.2, 0) is 4.79 Å². The smallest absolute Gasteiger partial charge is 0.258 e. The van der Waals surface area contributed by atoms with Gasteiger partial charge in [-0.2, -0.15) is 5.26 Å². The molecule has 4 saturated carbocycles. The van der Waals surface area contributed by atoms with E-state index in [-0.39, 0.29) is 18.1 Å². The maximum atomic E-state index is 12.7. The van der Waals surface area contributed by atoms with Crippen molar-refractivity contribution in [3.8, 4) is 11.8 Å². The number of imidazole rings is 1. The van der Waals surface area contributed by atoms with Gasteiger partial charge in [0.25, 0.3) is 5.91 Å². The largest absolute Gasteiger partial charge is 0.484 e. The Bertz CT molecular complexity index is 1320. The van der Waals surface area contributed by atoms with E-state index in [4.69, 9.17) is 4.74 Å². The fourth-order valence-electron chi connectivity index (χ4n) is 7.12. The van der Waals surface area contributed by atoms with Crippen LogP contribution in [0.1, 0.15) is 61.0 Å². The second-order valence-electron chi connectivity index (χ2n) is 11.3. The van der Waals surface area contributed by atoms with Crippen molar-refractivity contribution < 1.29 is 9.53 Å². The van der Waals surface area contributed by atoms with E-state index in [0.717, 1.165) is 53.6 Å². The summed E-state index contributed by atoms with van der Waals surface area (Å²) in [5, 5.41) is 13.1. The second kappa shape index (κ2) is 8.81. The Morgan fingerprint density at radius 3 is 2.39 bits per heavy atom. The standard InChI is InChI=1S/C30H32N4O2/c1-18-7-26-27(8-19(18)2)33-29(32-26)24(16-31)12-20-3-5-25(6-4-20)36-17-28(35)34-30-13-21-9-22(14-30)11-23(10-21)15-30/h3-8,12,21-23H,9-11,13-15,17H2,1-2H3,(H,32,33)(H,34,35)/b24-12+. The second-order valence-corrected chi connectivity index (χ2v) is 11.3. The van der Waals surface area contributed by atoms with Crippen LogP contribution in [0.15, 0.2) is 36.4 Å². The number of benzene rings is 2.